The first-order chi connectivity index (χ1) is 12.1. The molecule has 1 saturated heterocycles. The summed E-state index contributed by atoms with van der Waals surface area (Å²) in [6.07, 6.45) is 5.30. The fourth-order valence-electron chi connectivity index (χ4n) is 2.92. The monoisotopic (exact) mass is 403 g/mol. The molecule has 9 atom stereocenters. The Morgan fingerprint density at radius 2 is 1.92 bits per heavy atom. The Bertz CT molecular complexity index is 585. The number of ether oxygens (including phenoxy) is 1. The third kappa shape index (κ3) is 4.90. The zero-order valence-corrected chi connectivity index (χ0v) is 17.2. The van der Waals surface area contributed by atoms with Crippen LogP contribution in [0, 0.1) is 18.3 Å². The summed E-state index contributed by atoms with van der Waals surface area (Å²) >= 11 is 1.25. The molecule has 0 saturated carbocycles. The Kier molecular flexibility index (Phi) is 7.36. The van der Waals surface area contributed by atoms with Crippen molar-refractivity contribution in [2.45, 2.75) is 80.0 Å². The van der Waals surface area contributed by atoms with Crippen LogP contribution in [0.1, 0.15) is 34.1 Å². The largest absolute Gasteiger partial charge is 0.388 e. The summed E-state index contributed by atoms with van der Waals surface area (Å²) < 4.78 is 21.2. The Hall–Kier alpha value is -0.400. The van der Waals surface area contributed by atoms with Gasteiger partial charge in [-0.1, -0.05) is 25.0 Å². The van der Waals surface area contributed by atoms with Gasteiger partial charge in [0.15, 0.2) is 0 Å². The quantitative estimate of drug-likeness (QED) is 0.397. The maximum Gasteiger partial charge on any atom is 0.133 e. The number of aliphatic hydroxyl groups excluding tert-OH is 3. The zero-order valence-electron chi connectivity index (χ0n) is 15.5. The third-order valence-electron chi connectivity index (χ3n) is 4.60. The number of hydrogen-bond acceptors (Lipinski definition) is 6. The van der Waals surface area contributed by atoms with E-state index in [0.29, 0.717) is 6.42 Å². The number of rotatable bonds is 2. The fourth-order valence-corrected chi connectivity index (χ4v) is 5.01. The van der Waals surface area contributed by atoms with Crippen LogP contribution in [0.3, 0.4) is 0 Å². The molecule has 0 spiro atoms. The maximum atomic E-state index is 12.6. The van der Waals surface area contributed by atoms with Crippen molar-refractivity contribution in [2.75, 3.05) is 0 Å². The van der Waals surface area contributed by atoms with Crippen LogP contribution >= 0.6 is 11.8 Å². The molecule has 5 unspecified atom stereocenters. The van der Waals surface area contributed by atoms with E-state index in [-0.39, 0.29) is 11.2 Å². The number of thioether (sulfide) groups is 1. The van der Waals surface area contributed by atoms with Gasteiger partial charge in [0.25, 0.3) is 0 Å². The predicted molar refractivity (Wildman–Crippen MR) is 105 cm³/mol. The first-order valence-corrected chi connectivity index (χ1v) is 10.8. The van der Waals surface area contributed by atoms with E-state index in [1.165, 1.54) is 11.8 Å². The molecule has 0 aromatic heterocycles. The van der Waals surface area contributed by atoms with Crippen LogP contribution in [0.4, 0.5) is 0 Å². The van der Waals surface area contributed by atoms with Gasteiger partial charge in [0.05, 0.1) is 27.0 Å². The van der Waals surface area contributed by atoms with Crippen LogP contribution in [0.15, 0.2) is 12.2 Å². The van der Waals surface area contributed by atoms with E-state index >= 15 is 0 Å². The van der Waals surface area contributed by atoms with Crippen molar-refractivity contribution in [1.29, 1.82) is 0 Å². The molecule has 2 bridgehead atoms. The van der Waals surface area contributed by atoms with Crippen molar-refractivity contribution in [3.05, 3.63) is 12.2 Å². The zero-order chi connectivity index (χ0) is 19.6. The molecular weight excluding hydrogens is 374 g/mol. The SMILES string of the molecule is C#C[C@@H]1C/C=C\[C@@H](C)[C@@H](N[S@](=O)C(C)(C)C)C2OC(S1)C(O)C(O)C2O. The van der Waals surface area contributed by atoms with E-state index in [9.17, 15) is 19.5 Å². The topological polar surface area (TPSA) is 99.0 Å². The predicted octanol–water partition coefficient (Wildman–Crippen LogP) is 0.545. The van der Waals surface area contributed by atoms with Crippen LogP contribution in [-0.2, 0) is 15.7 Å². The Morgan fingerprint density at radius 3 is 2.50 bits per heavy atom. The van der Waals surface area contributed by atoms with Crippen molar-refractivity contribution in [3.63, 3.8) is 0 Å². The second kappa shape index (κ2) is 8.74. The normalized spacial score (nSPS) is 43.9. The van der Waals surface area contributed by atoms with Crippen LogP contribution in [0.25, 0.3) is 0 Å². The van der Waals surface area contributed by atoms with Crippen LogP contribution < -0.4 is 4.72 Å². The van der Waals surface area contributed by atoms with E-state index < -0.39 is 51.6 Å². The molecule has 0 aromatic carbocycles. The summed E-state index contributed by atoms with van der Waals surface area (Å²) in [4.78, 5) is 0. The van der Waals surface area contributed by atoms with Gasteiger partial charge in [-0.25, -0.2) is 8.93 Å². The summed E-state index contributed by atoms with van der Waals surface area (Å²) in [6.45, 7) is 7.48. The molecule has 0 aromatic rings. The van der Waals surface area contributed by atoms with Gasteiger partial charge in [-0.3, -0.25) is 0 Å². The van der Waals surface area contributed by atoms with Gasteiger partial charge in [-0.05, 0) is 33.1 Å². The third-order valence-corrected chi connectivity index (χ3v) is 7.51. The summed E-state index contributed by atoms with van der Waals surface area (Å²) in [6, 6.07) is -0.506. The lowest BCUT2D eigenvalue weighted by Crippen LogP contribution is -2.64. The Labute approximate surface area is 162 Å². The number of hydrogen-bond donors (Lipinski definition) is 4. The molecular formula is C18H29NO5S2. The molecule has 2 aliphatic rings. The summed E-state index contributed by atoms with van der Waals surface area (Å²) in [5.41, 5.74) is -0.773. The highest BCUT2D eigenvalue weighted by Crippen LogP contribution is 2.35. The summed E-state index contributed by atoms with van der Waals surface area (Å²) in [5.74, 6) is 2.53. The minimum absolute atomic E-state index is 0.134. The van der Waals surface area contributed by atoms with E-state index in [0.717, 1.165) is 0 Å². The summed E-state index contributed by atoms with van der Waals surface area (Å²) in [7, 11) is -1.39. The lowest BCUT2D eigenvalue weighted by molar-refractivity contribution is -0.205. The molecule has 26 heavy (non-hydrogen) atoms. The molecule has 8 heteroatoms. The molecule has 2 rings (SSSR count). The van der Waals surface area contributed by atoms with Gasteiger partial charge in [0.2, 0.25) is 0 Å². The smallest absolute Gasteiger partial charge is 0.133 e. The molecule has 2 heterocycles. The average molecular weight is 404 g/mol. The molecule has 4 N–H and O–H groups in total. The number of aliphatic hydroxyl groups is 3. The minimum Gasteiger partial charge on any atom is -0.388 e. The second-order valence-corrected chi connectivity index (χ2v) is 11.1. The first kappa shape index (κ1) is 21.9. The van der Waals surface area contributed by atoms with E-state index in [2.05, 4.69) is 10.6 Å². The summed E-state index contributed by atoms with van der Waals surface area (Å²) in [5, 5.41) is 30.9. The van der Waals surface area contributed by atoms with Crippen molar-refractivity contribution in [2.24, 2.45) is 5.92 Å². The molecule has 6 nitrogen and oxygen atoms in total. The van der Waals surface area contributed by atoms with Crippen molar-refractivity contribution in [1.82, 2.24) is 4.72 Å². The number of fused-ring (bicyclic) bond motifs is 2. The van der Waals surface area contributed by atoms with Gasteiger partial charge >= 0.3 is 0 Å². The second-order valence-electron chi connectivity index (χ2n) is 7.78. The molecule has 148 valence electrons. The van der Waals surface area contributed by atoms with Gasteiger partial charge in [-0.15, -0.1) is 18.2 Å². The number of terminal acetylenes is 1. The lowest BCUT2D eigenvalue weighted by atomic mass is 9.88. The maximum absolute atomic E-state index is 12.6. The van der Waals surface area contributed by atoms with Gasteiger partial charge in [0.1, 0.15) is 29.9 Å². The Balaban J connectivity index is 2.37. The fraction of sp³-hybridized carbons (Fsp3) is 0.778. The first-order valence-electron chi connectivity index (χ1n) is 8.72. The van der Waals surface area contributed by atoms with Crippen LogP contribution in [0.5, 0.6) is 0 Å². The van der Waals surface area contributed by atoms with Crippen molar-refractivity contribution in [3.8, 4) is 12.3 Å². The molecule has 1 fully saturated rings. The van der Waals surface area contributed by atoms with Gasteiger partial charge in [0, 0.05) is 0 Å². The van der Waals surface area contributed by atoms with Crippen LogP contribution in [-0.4, -0.2) is 65.4 Å². The van der Waals surface area contributed by atoms with Crippen LogP contribution in [0.2, 0.25) is 0 Å². The highest BCUT2D eigenvalue weighted by Gasteiger charge is 2.49. The minimum atomic E-state index is -1.39. The molecule has 0 amide bonds. The molecule has 0 aliphatic carbocycles. The van der Waals surface area contributed by atoms with Gasteiger partial charge in [-0.2, -0.15) is 0 Å². The van der Waals surface area contributed by atoms with Gasteiger partial charge < -0.3 is 20.1 Å². The molecule has 0 radical (unpaired) electrons. The number of nitrogens with one attached hydrogen (secondary N) is 1. The molecule has 2 aliphatic heterocycles. The number of allylic oxidation sites excluding steroid dienone is 1. The average Bonchev–Trinajstić information content (AvgIpc) is 2.57. The standard InChI is InChI=1S/C18H29NO5S2/c1-6-11-9-7-8-10(2)12(19-26(23)18(3,4)5)16-14(21)13(20)15(22)17(24-16)25-11/h1,7-8,10-17,19-22H,9H2,2-5H3/b8-7-/t10-,11-,12-,13?,14?,15?,16?,17?,26-/m1/s1. The van der Waals surface area contributed by atoms with E-state index in [1.807, 2.05) is 39.8 Å². The van der Waals surface area contributed by atoms with Crippen molar-refractivity contribution < 1.29 is 24.3 Å². The lowest BCUT2D eigenvalue weighted by Gasteiger charge is -2.45. The van der Waals surface area contributed by atoms with Crippen molar-refractivity contribution >= 4 is 22.7 Å². The Morgan fingerprint density at radius 1 is 1.27 bits per heavy atom. The highest BCUT2D eigenvalue weighted by atomic mass is 32.2. The highest BCUT2D eigenvalue weighted by molar-refractivity contribution is 8.00. The van der Waals surface area contributed by atoms with E-state index in [4.69, 9.17) is 11.2 Å². The van der Waals surface area contributed by atoms with E-state index in [1.54, 1.807) is 0 Å².